The Hall–Kier alpha value is -0.370. The van der Waals surface area contributed by atoms with Gasteiger partial charge in [0.1, 0.15) is 5.78 Å². The summed E-state index contributed by atoms with van der Waals surface area (Å²) in [7, 11) is 0. The molecular weight excluding hydrogens is 140 g/mol. The van der Waals surface area contributed by atoms with Crippen LogP contribution in [-0.2, 0) is 4.79 Å². The topological polar surface area (TPSA) is 37.3 Å². The first kappa shape index (κ1) is 8.72. The number of hydrogen-bond acceptors (Lipinski definition) is 2. The highest BCUT2D eigenvalue weighted by molar-refractivity contribution is 5.75. The average molecular weight is 156 g/mol. The predicted octanol–water partition coefficient (Wildman–Crippen LogP) is 1.52. The third-order valence-corrected chi connectivity index (χ3v) is 2.42. The molecular formula is C9H16O2. The third kappa shape index (κ3) is 2.62. The van der Waals surface area contributed by atoms with E-state index in [2.05, 4.69) is 0 Å². The molecule has 0 amide bonds. The maximum Gasteiger partial charge on any atom is 0.130 e. The lowest BCUT2D eigenvalue weighted by molar-refractivity contribution is -0.119. The van der Waals surface area contributed by atoms with Crippen molar-refractivity contribution in [2.45, 2.75) is 45.1 Å². The largest absolute Gasteiger partial charge is 0.393 e. The molecule has 0 heterocycles. The van der Waals surface area contributed by atoms with Crippen molar-refractivity contribution in [1.29, 1.82) is 0 Å². The molecule has 1 rings (SSSR count). The third-order valence-electron chi connectivity index (χ3n) is 2.42. The molecule has 11 heavy (non-hydrogen) atoms. The van der Waals surface area contributed by atoms with Gasteiger partial charge in [-0.2, -0.15) is 0 Å². The summed E-state index contributed by atoms with van der Waals surface area (Å²) >= 11 is 0. The first-order valence-corrected chi connectivity index (χ1v) is 4.37. The molecule has 2 nitrogen and oxygen atoms in total. The summed E-state index contributed by atoms with van der Waals surface area (Å²) < 4.78 is 0. The lowest BCUT2D eigenvalue weighted by Gasteiger charge is -2.26. The number of carbonyl (C=O) groups excluding carboxylic acids is 1. The van der Waals surface area contributed by atoms with Gasteiger partial charge >= 0.3 is 0 Å². The fraction of sp³-hybridized carbons (Fsp3) is 0.889. The lowest BCUT2D eigenvalue weighted by atomic mass is 9.83. The molecule has 1 aliphatic carbocycles. The van der Waals surface area contributed by atoms with E-state index in [0.29, 0.717) is 6.42 Å². The minimum Gasteiger partial charge on any atom is -0.393 e. The van der Waals surface area contributed by atoms with Crippen molar-refractivity contribution in [1.82, 2.24) is 0 Å². The zero-order chi connectivity index (χ0) is 8.27. The van der Waals surface area contributed by atoms with Gasteiger partial charge in [0, 0.05) is 6.42 Å². The number of carbonyl (C=O) groups is 1. The molecule has 0 spiro atoms. The van der Waals surface area contributed by atoms with Crippen LogP contribution in [0.2, 0.25) is 0 Å². The molecule has 2 unspecified atom stereocenters. The van der Waals surface area contributed by atoms with Crippen LogP contribution in [0.5, 0.6) is 0 Å². The van der Waals surface area contributed by atoms with Gasteiger partial charge in [-0.25, -0.2) is 0 Å². The summed E-state index contributed by atoms with van der Waals surface area (Å²) in [5.41, 5.74) is 0. The number of Topliss-reactive ketones (excluding diaryl/α,β-unsaturated/α-hetero) is 1. The Morgan fingerprint density at radius 1 is 1.45 bits per heavy atom. The Morgan fingerprint density at radius 3 is 2.64 bits per heavy atom. The van der Waals surface area contributed by atoms with Crippen LogP contribution in [0.25, 0.3) is 0 Å². The zero-order valence-electron chi connectivity index (χ0n) is 7.05. The summed E-state index contributed by atoms with van der Waals surface area (Å²) in [6.45, 7) is 1.60. The number of aliphatic hydroxyl groups is 1. The molecule has 0 aliphatic heterocycles. The number of ketones is 1. The van der Waals surface area contributed by atoms with E-state index in [4.69, 9.17) is 0 Å². The van der Waals surface area contributed by atoms with Crippen LogP contribution < -0.4 is 0 Å². The van der Waals surface area contributed by atoms with Crippen molar-refractivity contribution in [3.05, 3.63) is 0 Å². The molecule has 0 aromatic heterocycles. The van der Waals surface area contributed by atoms with Crippen LogP contribution in [-0.4, -0.2) is 17.0 Å². The average Bonchev–Trinajstić information content (AvgIpc) is 1.93. The first-order chi connectivity index (χ1) is 5.20. The van der Waals surface area contributed by atoms with Gasteiger partial charge in [-0.15, -0.1) is 0 Å². The molecule has 1 fully saturated rings. The maximum absolute atomic E-state index is 10.7. The van der Waals surface area contributed by atoms with Gasteiger partial charge in [-0.1, -0.05) is 12.8 Å². The molecule has 2 heteroatoms. The van der Waals surface area contributed by atoms with Gasteiger partial charge in [0.15, 0.2) is 0 Å². The highest BCUT2D eigenvalue weighted by Crippen LogP contribution is 2.26. The Labute approximate surface area is 67.6 Å². The van der Waals surface area contributed by atoms with Gasteiger partial charge in [0.2, 0.25) is 0 Å². The van der Waals surface area contributed by atoms with Crippen molar-refractivity contribution >= 4 is 5.78 Å². The molecule has 0 aromatic rings. The molecule has 0 bridgehead atoms. The van der Waals surface area contributed by atoms with E-state index in [9.17, 15) is 9.90 Å². The number of hydrogen-bond donors (Lipinski definition) is 1. The number of rotatable bonds is 2. The number of aliphatic hydroxyl groups excluding tert-OH is 1. The van der Waals surface area contributed by atoms with Gasteiger partial charge in [0.05, 0.1) is 6.10 Å². The minimum absolute atomic E-state index is 0.205. The monoisotopic (exact) mass is 156 g/mol. The van der Waals surface area contributed by atoms with Gasteiger partial charge in [0.25, 0.3) is 0 Å². The molecule has 2 atom stereocenters. The molecule has 0 radical (unpaired) electrons. The molecule has 1 N–H and O–H groups in total. The van der Waals surface area contributed by atoms with Gasteiger partial charge in [-0.05, 0) is 25.7 Å². The van der Waals surface area contributed by atoms with E-state index in [-0.39, 0.29) is 17.8 Å². The van der Waals surface area contributed by atoms with E-state index in [1.54, 1.807) is 6.92 Å². The fourth-order valence-corrected chi connectivity index (χ4v) is 1.80. The molecule has 0 aromatic carbocycles. The van der Waals surface area contributed by atoms with Crippen LogP contribution in [0.3, 0.4) is 0 Å². The Balaban J connectivity index is 2.35. The van der Waals surface area contributed by atoms with Crippen molar-refractivity contribution in [2.75, 3.05) is 0 Å². The highest BCUT2D eigenvalue weighted by Gasteiger charge is 2.23. The van der Waals surface area contributed by atoms with Gasteiger partial charge in [-0.3, -0.25) is 0 Å². The Kier molecular flexibility index (Phi) is 3.06. The Bertz CT molecular complexity index is 142. The van der Waals surface area contributed by atoms with Crippen molar-refractivity contribution in [3.63, 3.8) is 0 Å². The van der Waals surface area contributed by atoms with Crippen molar-refractivity contribution in [2.24, 2.45) is 5.92 Å². The van der Waals surface area contributed by atoms with Crippen LogP contribution in [0.4, 0.5) is 0 Å². The molecule has 1 saturated carbocycles. The summed E-state index contributed by atoms with van der Waals surface area (Å²) in [6, 6.07) is 0. The predicted molar refractivity (Wildman–Crippen MR) is 43.3 cm³/mol. The normalized spacial score (nSPS) is 31.8. The smallest absolute Gasteiger partial charge is 0.130 e. The molecule has 1 aliphatic rings. The summed E-state index contributed by atoms with van der Waals surface area (Å²) in [4.78, 5) is 10.7. The molecule has 0 saturated heterocycles. The highest BCUT2D eigenvalue weighted by atomic mass is 16.3. The van der Waals surface area contributed by atoms with E-state index < -0.39 is 0 Å². The minimum atomic E-state index is -0.215. The standard InChI is InChI=1S/C9H16O2/c1-7(10)6-8-4-2-3-5-9(8)11/h8-9,11H,2-6H2,1H3. The quantitative estimate of drug-likeness (QED) is 0.658. The van der Waals surface area contributed by atoms with Crippen LogP contribution >= 0.6 is 0 Å². The second kappa shape index (κ2) is 3.86. The SMILES string of the molecule is CC(=O)CC1CCCCC1O. The molecule has 64 valence electrons. The first-order valence-electron chi connectivity index (χ1n) is 4.37. The van der Waals surface area contributed by atoms with Crippen LogP contribution in [0.15, 0.2) is 0 Å². The summed E-state index contributed by atoms with van der Waals surface area (Å²) in [6.07, 6.45) is 4.57. The van der Waals surface area contributed by atoms with Crippen LogP contribution in [0, 0.1) is 5.92 Å². The van der Waals surface area contributed by atoms with E-state index in [1.165, 1.54) is 6.42 Å². The maximum atomic E-state index is 10.7. The van der Waals surface area contributed by atoms with Crippen LogP contribution in [0.1, 0.15) is 39.0 Å². The fourth-order valence-electron chi connectivity index (χ4n) is 1.80. The summed E-state index contributed by atoms with van der Waals surface area (Å²) in [5.74, 6) is 0.456. The second-order valence-electron chi connectivity index (χ2n) is 3.52. The second-order valence-corrected chi connectivity index (χ2v) is 3.52. The van der Waals surface area contributed by atoms with Crippen molar-refractivity contribution in [3.8, 4) is 0 Å². The van der Waals surface area contributed by atoms with Crippen molar-refractivity contribution < 1.29 is 9.90 Å². The zero-order valence-corrected chi connectivity index (χ0v) is 7.05. The van der Waals surface area contributed by atoms with Gasteiger partial charge < -0.3 is 9.90 Å². The van der Waals surface area contributed by atoms with E-state index in [1.807, 2.05) is 0 Å². The van der Waals surface area contributed by atoms with E-state index in [0.717, 1.165) is 19.3 Å². The Morgan fingerprint density at radius 2 is 2.09 bits per heavy atom. The lowest BCUT2D eigenvalue weighted by Crippen LogP contribution is -2.25. The summed E-state index contributed by atoms with van der Waals surface area (Å²) in [5, 5.41) is 9.47. The van der Waals surface area contributed by atoms with E-state index >= 15 is 0 Å².